The molecule has 5 nitrogen and oxygen atoms in total. The number of benzene rings is 1. The van der Waals surface area contributed by atoms with E-state index in [9.17, 15) is 9.59 Å². The molecule has 1 aromatic carbocycles. The van der Waals surface area contributed by atoms with Gasteiger partial charge >= 0.3 is 5.97 Å². The number of aromatic carboxylic acids is 1. The predicted octanol–water partition coefficient (Wildman–Crippen LogP) is 3.00. The Morgan fingerprint density at radius 2 is 2.00 bits per heavy atom. The minimum atomic E-state index is -1.14. The summed E-state index contributed by atoms with van der Waals surface area (Å²) in [5, 5.41) is 11.8. The van der Waals surface area contributed by atoms with Crippen LogP contribution in [0.25, 0.3) is 0 Å². The van der Waals surface area contributed by atoms with Crippen molar-refractivity contribution in [2.24, 2.45) is 0 Å². The molecule has 21 heavy (non-hydrogen) atoms. The maximum absolute atomic E-state index is 11.9. The lowest BCUT2D eigenvalue weighted by atomic mass is 10.1. The zero-order valence-corrected chi connectivity index (χ0v) is 11.8. The maximum Gasteiger partial charge on any atom is 0.337 e. The van der Waals surface area contributed by atoms with Crippen LogP contribution in [-0.2, 0) is 11.2 Å². The van der Waals surface area contributed by atoms with Crippen LogP contribution in [0.2, 0.25) is 5.02 Å². The summed E-state index contributed by atoms with van der Waals surface area (Å²) in [4.78, 5) is 27.2. The SMILES string of the molecule is O=C(CCc1ccccn1)Nc1c(Cl)cccc1C(=O)O. The van der Waals surface area contributed by atoms with E-state index in [1.165, 1.54) is 18.2 Å². The van der Waals surface area contributed by atoms with Crippen LogP contribution in [0.1, 0.15) is 22.5 Å². The van der Waals surface area contributed by atoms with Crippen LogP contribution in [0.5, 0.6) is 0 Å². The van der Waals surface area contributed by atoms with Crippen molar-refractivity contribution in [3.05, 3.63) is 58.9 Å². The number of anilines is 1. The zero-order chi connectivity index (χ0) is 15.2. The van der Waals surface area contributed by atoms with E-state index in [0.29, 0.717) is 6.42 Å². The molecule has 0 saturated heterocycles. The van der Waals surface area contributed by atoms with Crippen molar-refractivity contribution >= 4 is 29.2 Å². The van der Waals surface area contributed by atoms with Gasteiger partial charge in [-0.3, -0.25) is 9.78 Å². The van der Waals surface area contributed by atoms with Gasteiger partial charge in [0, 0.05) is 18.3 Å². The minimum absolute atomic E-state index is 0.0336. The summed E-state index contributed by atoms with van der Waals surface area (Å²) in [6.45, 7) is 0. The number of halogens is 1. The second-order valence-corrected chi connectivity index (χ2v) is 4.74. The molecule has 0 saturated carbocycles. The Morgan fingerprint density at radius 1 is 1.19 bits per heavy atom. The van der Waals surface area contributed by atoms with Gasteiger partial charge in [0.25, 0.3) is 0 Å². The van der Waals surface area contributed by atoms with Crippen LogP contribution in [0.4, 0.5) is 5.69 Å². The number of nitrogens with zero attached hydrogens (tertiary/aromatic N) is 1. The van der Waals surface area contributed by atoms with Gasteiger partial charge in [-0.25, -0.2) is 4.79 Å². The molecular weight excluding hydrogens is 292 g/mol. The summed E-state index contributed by atoms with van der Waals surface area (Å²) >= 11 is 5.94. The molecule has 0 radical (unpaired) electrons. The number of pyridine rings is 1. The third kappa shape index (κ3) is 4.03. The van der Waals surface area contributed by atoms with Gasteiger partial charge in [-0.2, -0.15) is 0 Å². The minimum Gasteiger partial charge on any atom is -0.478 e. The van der Waals surface area contributed by atoms with E-state index in [2.05, 4.69) is 10.3 Å². The third-order valence-electron chi connectivity index (χ3n) is 2.84. The van der Waals surface area contributed by atoms with Crippen molar-refractivity contribution < 1.29 is 14.7 Å². The number of rotatable bonds is 5. The molecule has 0 spiro atoms. The molecule has 0 unspecified atom stereocenters. The van der Waals surface area contributed by atoms with Crippen LogP contribution in [0, 0.1) is 0 Å². The number of carboxylic acids is 1. The lowest BCUT2D eigenvalue weighted by molar-refractivity contribution is -0.116. The molecule has 0 bridgehead atoms. The number of hydrogen-bond donors (Lipinski definition) is 2. The van der Waals surface area contributed by atoms with Crippen molar-refractivity contribution in [3.63, 3.8) is 0 Å². The van der Waals surface area contributed by atoms with Gasteiger partial charge in [0.2, 0.25) is 5.91 Å². The Kier molecular flexibility index (Phi) is 4.90. The summed E-state index contributed by atoms with van der Waals surface area (Å²) in [5.74, 6) is -1.45. The predicted molar refractivity (Wildman–Crippen MR) is 79.6 cm³/mol. The first kappa shape index (κ1) is 15.0. The Morgan fingerprint density at radius 3 is 2.67 bits per heavy atom. The number of carbonyl (C=O) groups excluding carboxylic acids is 1. The molecule has 0 aliphatic rings. The molecular formula is C15H13ClN2O3. The standard InChI is InChI=1S/C15H13ClN2O3/c16-12-6-3-5-11(15(20)21)14(12)18-13(19)8-7-10-4-1-2-9-17-10/h1-6,9H,7-8H2,(H,18,19)(H,20,21). The number of carbonyl (C=O) groups is 2. The van der Waals surface area contributed by atoms with Gasteiger partial charge in [-0.1, -0.05) is 23.7 Å². The summed E-state index contributed by atoms with van der Waals surface area (Å²) in [6, 6.07) is 9.91. The topological polar surface area (TPSA) is 79.3 Å². The van der Waals surface area contributed by atoms with Crippen molar-refractivity contribution in [1.29, 1.82) is 0 Å². The van der Waals surface area contributed by atoms with Gasteiger partial charge in [0.1, 0.15) is 0 Å². The van der Waals surface area contributed by atoms with Crippen LogP contribution in [0.15, 0.2) is 42.6 Å². The first-order valence-electron chi connectivity index (χ1n) is 6.29. The van der Waals surface area contributed by atoms with Gasteiger partial charge in [0.05, 0.1) is 16.3 Å². The Balaban J connectivity index is 2.05. The maximum atomic E-state index is 11.9. The molecule has 1 aromatic heterocycles. The third-order valence-corrected chi connectivity index (χ3v) is 3.16. The first-order chi connectivity index (χ1) is 10.1. The summed E-state index contributed by atoms with van der Waals surface area (Å²) in [5.41, 5.74) is 0.886. The highest BCUT2D eigenvalue weighted by Gasteiger charge is 2.15. The van der Waals surface area contributed by atoms with Crippen molar-refractivity contribution in [2.45, 2.75) is 12.8 Å². The summed E-state index contributed by atoms with van der Waals surface area (Å²) in [6.07, 6.45) is 2.32. The first-order valence-corrected chi connectivity index (χ1v) is 6.67. The number of para-hydroxylation sites is 1. The molecule has 6 heteroatoms. The van der Waals surface area contributed by atoms with E-state index in [1.54, 1.807) is 12.3 Å². The molecule has 1 amide bonds. The Labute approximate surface area is 126 Å². The smallest absolute Gasteiger partial charge is 0.337 e. The number of carboxylic acid groups (broad SMARTS) is 1. The normalized spacial score (nSPS) is 10.1. The molecule has 108 valence electrons. The Bertz CT molecular complexity index is 659. The zero-order valence-electron chi connectivity index (χ0n) is 11.0. The van der Waals surface area contributed by atoms with Crippen molar-refractivity contribution in [1.82, 2.24) is 4.98 Å². The number of hydrogen-bond acceptors (Lipinski definition) is 3. The monoisotopic (exact) mass is 304 g/mol. The van der Waals surface area contributed by atoms with Gasteiger partial charge in [0.15, 0.2) is 0 Å². The fourth-order valence-electron chi connectivity index (χ4n) is 1.82. The van der Waals surface area contributed by atoms with Crippen LogP contribution in [0.3, 0.4) is 0 Å². The van der Waals surface area contributed by atoms with Crippen molar-refractivity contribution in [3.8, 4) is 0 Å². The number of aryl methyl sites for hydroxylation is 1. The fraction of sp³-hybridized carbons (Fsp3) is 0.133. The number of amides is 1. The van der Waals surface area contributed by atoms with Gasteiger partial charge in [-0.05, 0) is 30.7 Å². The second kappa shape index (κ2) is 6.85. The van der Waals surface area contributed by atoms with Gasteiger partial charge < -0.3 is 10.4 Å². The van der Waals surface area contributed by atoms with E-state index < -0.39 is 5.97 Å². The fourth-order valence-corrected chi connectivity index (χ4v) is 2.04. The number of aromatic nitrogens is 1. The van der Waals surface area contributed by atoms with Crippen LogP contribution < -0.4 is 5.32 Å². The highest BCUT2D eigenvalue weighted by molar-refractivity contribution is 6.34. The largest absolute Gasteiger partial charge is 0.478 e. The molecule has 0 aliphatic carbocycles. The van der Waals surface area contributed by atoms with Crippen LogP contribution >= 0.6 is 11.6 Å². The van der Waals surface area contributed by atoms with E-state index in [4.69, 9.17) is 16.7 Å². The van der Waals surface area contributed by atoms with Crippen LogP contribution in [-0.4, -0.2) is 22.0 Å². The van der Waals surface area contributed by atoms with E-state index in [0.717, 1.165) is 5.69 Å². The Hall–Kier alpha value is -2.40. The lowest BCUT2D eigenvalue weighted by Gasteiger charge is -2.10. The summed E-state index contributed by atoms with van der Waals surface area (Å²) in [7, 11) is 0. The quantitative estimate of drug-likeness (QED) is 0.890. The lowest BCUT2D eigenvalue weighted by Crippen LogP contribution is -2.15. The van der Waals surface area contributed by atoms with E-state index >= 15 is 0 Å². The summed E-state index contributed by atoms with van der Waals surface area (Å²) < 4.78 is 0. The average Bonchev–Trinajstić information content (AvgIpc) is 2.48. The number of nitrogens with one attached hydrogen (secondary N) is 1. The average molecular weight is 305 g/mol. The molecule has 2 N–H and O–H groups in total. The van der Waals surface area contributed by atoms with Crippen molar-refractivity contribution in [2.75, 3.05) is 5.32 Å². The second-order valence-electron chi connectivity index (χ2n) is 4.34. The molecule has 1 heterocycles. The van der Waals surface area contributed by atoms with E-state index in [-0.39, 0.29) is 28.6 Å². The highest BCUT2D eigenvalue weighted by atomic mass is 35.5. The molecule has 2 rings (SSSR count). The highest BCUT2D eigenvalue weighted by Crippen LogP contribution is 2.26. The van der Waals surface area contributed by atoms with E-state index in [1.807, 2.05) is 12.1 Å². The molecule has 0 aliphatic heterocycles. The molecule has 0 atom stereocenters. The van der Waals surface area contributed by atoms with Gasteiger partial charge in [-0.15, -0.1) is 0 Å². The molecule has 0 fully saturated rings. The molecule has 2 aromatic rings.